The van der Waals surface area contributed by atoms with Crippen LogP contribution in [0.2, 0.25) is 10.0 Å². The number of aromatic nitrogens is 3. The molecule has 3 rings (SSSR count). The number of hydrogen-bond donors (Lipinski definition) is 1. The van der Waals surface area contributed by atoms with E-state index >= 15 is 0 Å². The highest BCUT2D eigenvalue weighted by Gasteiger charge is 2.20. The molecule has 0 aliphatic heterocycles. The predicted molar refractivity (Wildman–Crippen MR) is 82.7 cm³/mol. The van der Waals surface area contributed by atoms with Gasteiger partial charge in [-0.05, 0) is 31.5 Å². The molecule has 0 aliphatic carbocycles. The van der Waals surface area contributed by atoms with E-state index in [0.29, 0.717) is 17.2 Å². The molecule has 2 heterocycles. The Balaban J connectivity index is 2.48. The molecule has 0 radical (unpaired) electrons. The van der Waals surface area contributed by atoms with Gasteiger partial charge in [0.25, 0.3) is 0 Å². The molecule has 7 heteroatoms. The number of rotatable bonds is 1. The zero-order valence-electron chi connectivity index (χ0n) is 11.3. The van der Waals surface area contributed by atoms with Crippen molar-refractivity contribution in [2.75, 3.05) is 5.73 Å². The summed E-state index contributed by atoms with van der Waals surface area (Å²) in [4.78, 5) is 8.27. The molecule has 1 aromatic carbocycles. The van der Waals surface area contributed by atoms with Crippen molar-refractivity contribution in [1.82, 2.24) is 14.5 Å². The number of aryl methyl sites for hydroxylation is 1. The minimum atomic E-state index is -0.492. The summed E-state index contributed by atoms with van der Waals surface area (Å²) in [6, 6.07) is 2.43. The number of benzene rings is 1. The summed E-state index contributed by atoms with van der Waals surface area (Å²) in [5.74, 6) is -0.109. The van der Waals surface area contributed by atoms with Gasteiger partial charge in [0, 0.05) is 5.69 Å². The van der Waals surface area contributed by atoms with Gasteiger partial charge in [0.1, 0.15) is 18.0 Å². The van der Waals surface area contributed by atoms with Crippen molar-refractivity contribution in [1.29, 1.82) is 0 Å². The molecule has 3 aromatic rings. The van der Waals surface area contributed by atoms with Gasteiger partial charge >= 0.3 is 0 Å². The maximum Gasteiger partial charge on any atom is 0.150 e. The van der Waals surface area contributed by atoms with E-state index in [0.717, 1.165) is 16.6 Å². The van der Waals surface area contributed by atoms with E-state index in [9.17, 15) is 4.39 Å². The number of fused-ring (bicyclic) bond motifs is 1. The van der Waals surface area contributed by atoms with Crippen molar-refractivity contribution in [2.24, 2.45) is 0 Å². The lowest BCUT2D eigenvalue weighted by atomic mass is 10.2. The highest BCUT2D eigenvalue weighted by atomic mass is 35.5. The Hall–Kier alpha value is -1.85. The largest absolute Gasteiger partial charge is 0.383 e. The second-order valence-electron chi connectivity index (χ2n) is 4.72. The second-order valence-corrected chi connectivity index (χ2v) is 5.54. The first kappa shape index (κ1) is 14.1. The minimum absolute atomic E-state index is 0.206. The molecule has 0 unspecified atom stereocenters. The number of nitrogens with two attached hydrogens (primary N) is 1. The molecule has 2 N–H and O–H groups in total. The maximum absolute atomic E-state index is 13.4. The van der Waals surface area contributed by atoms with Crippen molar-refractivity contribution in [2.45, 2.75) is 13.8 Å². The highest BCUT2D eigenvalue weighted by Crippen LogP contribution is 2.36. The van der Waals surface area contributed by atoms with Crippen LogP contribution in [0.25, 0.3) is 16.7 Å². The number of nitrogen functional groups attached to an aromatic ring is 1. The Morgan fingerprint density at radius 1 is 1.14 bits per heavy atom. The summed E-state index contributed by atoms with van der Waals surface area (Å²) in [6.45, 7) is 3.81. The Morgan fingerprint density at radius 2 is 1.76 bits per heavy atom. The summed E-state index contributed by atoms with van der Waals surface area (Å²) in [5, 5.41) is 1.15. The van der Waals surface area contributed by atoms with Gasteiger partial charge in [-0.2, -0.15) is 0 Å². The number of anilines is 1. The van der Waals surface area contributed by atoms with Crippen LogP contribution < -0.4 is 5.73 Å². The lowest BCUT2D eigenvalue weighted by Crippen LogP contribution is -2.01. The first-order chi connectivity index (χ1) is 9.91. The van der Waals surface area contributed by atoms with E-state index in [1.807, 2.05) is 13.8 Å². The van der Waals surface area contributed by atoms with Crippen LogP contribution in [0, 0.1) is 19.7 Å². The third-order valence-electron chi connectivity index (χ3n) is 3.53. The van der Waals surface area contributed by atoms with Gasteiger partial charge in [-0.25, -0.2) is 14.4 Å². The maximum atomic E-state index is 13.4. The van der Waals surface area contributed by atoms with Gasteiger partial charge < -0.3 is 5.73 Å². The molecular weight excluding hydrogens is 314 g/mol. The van der Waals surface area contributed by atoms with E-state index < -0.39 is 5.82 Å². The molecule has 2 aromatic heterocycles. The first-order valence-corrected chi connectivity index (χ1v) is 6.90. The fourth-order valence-electron chi connectivity index (χ4n) is 2.45. The van der Waals surface area contributed by atoms with Crippen LogP contribution in [0.5, 0.6) is 0 Å². The summed E-state index contributed by atoms with van der Waals surface area (Å²) in [7, 11) is 0. The van der Waals surface area contributed by atoms with Crippen molar-refractivity contribution in [3.05, 3.63) is 45.6 Å². The third-order valence-corrected chi connectivity index (χ3v) is 4.10. The molecule has 21 heavy (non-hydrogen) atoms. The predicted octanol–water partition coefficient (Wildman–Crippen LogP) is 4.07. The molecule has 4 nitrogen and oxygen atoms in total. The fraction of sp³-hybridized carbons (Fsp3) is 0.143. The topological polar surface area (TPSA) is 56.7 Å². The second kappa shape index (κ2) is 4.86. The Morgan fingerprint density at radius 3 is 2.38 bits per heavy atom. The SMILES string of the molecule is Cc1c(C)n(-c2c(Cl)cc(F)cc2Cl)c2ncnc(N)c12. The number of nitrogens with zero attached hydrogens (tertiary/aromatic N) is 3. The molecule has 108 valence electrons. The molecule has 0 saturated carbocycles. The molecule has 0 atom stereocenters. The number of hydrogen-bond acceptors (Lipinski definition) is 3. The summed E-state index contributed by atoms with van der Waals surface area (Å²) < 4.78 is 15.2. The molecule has 0 saturated heterocycles. The Kier molecular flexibility index (Phi) is 3.26. The smallest absolute Gasteiger partial charge is 0.150 e. The van der Waals surface area contributed by atoms with Gasteiger partial charge in [0.15, 0.2) is 5.65 Å². The number of halogens is 3. The molecular formula is C14H11Cl2FN4. The van der Waals surface area contributed by atoms with E-state index in [2.05, 4.69) is 9.97 Å². The van der Waals surface area contributed by atoms with Crippen LogP contribution in [-0.4, -0.2) is 14.5 Å². The zero-order valence-corrected chi connectivity index (χ0v) is 12.8. The summed E-state index contributed by atoms with van der Waals surface area (Å²) in [6.07, 6.45) is 1.37. The minimum Gasteiger partial charge on any atom is -0.383 e. The van der Waals surface area contributed by atoms with Gasteiger partial charge in [-0.3, -0.25) is 4.57 Å². The quantitative estimate of drug-likeness (QED) is 0.734. The molecule has 0 fully saturated rings. The van der Waals surface area contributed by atoms with Crippen LogP contribution in [0.3, 0.4) is 0 Å². The Labute approximate surface area is 130 Å². The van der Waals surface area contributed by atoms with Crippen LogP contribution in [0.1, 0.15) is 11.3 Å². The van der Waals surface area contributed by atoms with Crippen LogP contribution in [0.4, 0.5) is 10.2 Å². The van der Waals surface area contributed by atoms with E-state index in [1.165, 1.54) is 18.5 Å². The summed E-state index contributed by atoms with van der Waals surface area (Å²) >= 11 is 12.3. The van der Waals surface area contributed by atoms with Gasteiger partial charge in [0.2, 0.25) is 0 Å². The van der Waals surface area contributed by atoms with Crippen molar-refractivity contribution in [3.63, 3.8) is 0 Å². The van der Waals surface area contributed by atoms with Gasteiger partial charge in [-0.15, -0.1) is 0 Å². The summed E-state index contributed by atoms with van der Waals surface area (Å²) in [5.41, 5.74) is 8.80. The highest BCUT2D eigenvalue weighted by molar-refractivity contribution is 6.38. The monoisotopic (exact) mass is 324 g/mol. The first-order valence-electron chi connectivity index (χ1n) is 6.14. The Bertz CT molecular complexity index is 850. The van der Waals surface area contributed by atoms with Crippen molar-refractivity contribution in [3.8, 4) is 5.69 Å². The average Bonchev–Trinajstić information content (AvgIpc) is 2.64. The van der Waals surface area contributed by atoms with Crippen LogP contribution >= 0.6 is 23.2 Å². The van der Waals surface area contributed by atoms with E-state index in [-0.39, 0.29) is 10.0 Å². The van der Waals surface area contributed by atoms with Crippen molar-refractivity contribution < 1.29 is 4.39 Å². The van der Waals surface area contributed by atoms with Crippen LogP contribution in [0.15, 0.2) is 18.5 Å². The molecule has 0 aliphatic rings. The van der Waals surface area contributed by atoms with Gasteiger partial charge in [0.05, 0.1) is 21.1 Å². The van der Waals surface area contributed by atoms with Crippen LogP contribution in [-0.2, 0) is 0 Å². The lowest BCUT2D eigenvalue weighted by Gasteiger charge is -2.12. The zero-order chi connectivity index (χ0) is 15.3. The average molecular weight is 325 g/mol. The normalized spacial score (nSPS) is 11.3. The van der Waals surface area contributed by atoms with E-state index in [4.69, 9.17) is 28.9 Å². The molecule has 0 spiro atoms. The molecule has 0 bridgehead atoms. The van der Waals surface area contributed by atoms with Gasteiger partial charge in [-0.1, -0.05) is 23.2 Å². The van der Waals surface area contributed by atoms with E-state index in [1.54, 1.807) is 4.57 Å². The third kappa shape index (κ3) is 2.04. The van der Waals surface area contributed by atoms with Crippen molar-refractivity contribution >= 4 is 40.1 Å². The molecule has 0 amide bonds. The fourth-order valence-corrected chi connectivity index (χ4v) is 3.08. The standard InChI is InChI=1S/C14H11Cl2FN4/c1-6-7(2)21(14-11(6)13(18)19-5-20-14)12-9(15)3-8(17)4-10(12)16/h3-5H,1-2H3,(H2,18,19,20). The lowest BCUT2D eigenvalue weighted by molar-refractivity contribution is 0.627.